The van der Waals surface area contributed by atoms with Crippen molar-refractivity contribution in [3.63, 3.8) is 0 Å². The van der Waals surface area contributed by atoms with Gasteiger partial charge in [0.25, 0.3) is 0 Å². The van der Waals surface area contributed by atoms with Crippen LogP contribution in [0.3, 0.4) is 0 Å². The zero-order valence-electron chi connectivity index (χ0n) is 14.4. The fraction of sp³-hybridized carbons (Fsp3) is 0.300. The highest BCUT2D eigenvalue weighted by molar-refractivity contribution is 7.13. The lowest BCUT2D eigenvalue weighted by Crippen LogP contribution is -2.39. The molecule has 3 aromatic rings. The standard InChI is InChI=1S/C20H20N4OS/c25-19(12-16-14-26-20(23-16)17-7-1-3-10-22-17)24-11-4-2-8-18(24)15-6-5-9-21-13-15/h1,3,5-7,9-10,13-14,18H,2,4,8,11-12H2. The summed E-state index contributed by atoms with van der Waals surface area (Å²) in [6.45, 7) is 0.801. The SMILES string of the molecule is O=C(Cc1csc(-c2ccccn2)n1)N1CCCCC1c1cccnc1. The first-order valence-electron chi connectivity index (χ1n) is 8.86. The van der Waals surface area contributed by atoms with Crippen molar-refractivity contribution in [2.24, 2.45) is 0 Å². The zero-order valence-corrected chi connectivity index (χ0v) is 15.2. The predicted molar refractivity (Wildman–Crippen MR) is 102 cm³/mol. The molecule has 0 aromatic carbocycles. The van der Waals surface area contributed by atoms with Crippen LogP contribution in [0.25, 0.3) is 10.7 Å². The van der Waals surface area contributed by atoms with Crippen molar-refractivity contribution in [2.45, 2.75) is 31.7 Å². The highest BCUT2D eigenvalue weighted by atomic mass is 32.1. The Kier molecular flexibility index (Phi) is 5.02. The third kappa shape index (κ3) is 3.65. The van der Waals surface area contributed by atoms with Crippen molar-refractivity contribution in [1.29, 1.82) is 0 Å². The van der Waals surface area contributed by atoms with E-state index in [4.69, 9.17) is 0 Å². The summed E-state index contributed by atoms with van der Waals surface area (Å²) < 4.78 is 0. The molecule has 3 aromatic heterocycles. The Morgan fingerprint density at radius 2 is 2.15 bits per heavy atom. The second-order valence-corrected chi connectivity index (χ2v) is 7.28. The van der Waals surface area contributed by atoms with Crippen LogP contribution in [0.2, 0.25) is 0 Å². The molecule has 0 aliphatic carbocycles. The number of hydrogen-bond acceptors (Lipinski definition) is 5. The first-order chi connectivity index (χ1) is 12.8. The Labute approximate surface area is 156 Å². The molecule has 0 N–H and O–H groups in total. The lowest BCUT2D eigenvalue weighted by Gasteiger charge is -2.36. The molecule has 1 amide bonds. The van der Waals surface area contributed by atoms with Crippen LogP contribution in [-0.4, -0.2) is 32.3 Å². The molecular weight excluding hydrogens is 344 g/mol. The third-order valence-corrected chi connectivity index (χ3v) is 5.57. The first kappa shape index (κ1) is 16.8. The Morgan fingerprint density at radius 3 is 2.96 bits per heavy atom. The molecule has 132 valence electrons. The summed E-state index contributed by atoms with van der Waals surface area (Å²) in [5, 5.41) is 2.82. The topological polar surface area (TPSA) is 59.0 Å². The van der Waals surface area contributed by atoms with Gasteiger partial charge in [-0.1, -0.05) is 12.1 Å². The average Bonchev–Trinajstić information content (AvgIpc) is 3.18. The minimum absolute atomic E-state index is 0.124. The molecule has 1 saturated heterocycles. The smallest absolute Gasteiger partial charge is 0.229 e. The van der Waals surface area contributed by atoms with Crippen LogP contribution >= 0.6 is 11.3 Å². The van der Waals surface area contributed by atoms with Gasteiger partial charge in [0.15, 0.2) is 0 Å². The summed E-state index contributed by atoms with van der Waals surface area (Å²) in [6.07, 6.45) is 8.93. The Morgan fingerprint density at radius 1 is 1.19 bits per heavy atom. The second-order valence-electron chi connectivity index (χ2n) is 6.42. The second kappa shape index (κ2) is 7.74. The minimum atomic E-state index is 0.124. The van der Waals surface area contributed by atoms with Gasteiger partial charge in [-0.05, 0) is 43.0 Å². The number of nitrogens with zero attached hydrogens (tertiary/aromatic N) is 4. The number of carbonyl (C=O) groups excluding carboxylic acids is 1. The third-order valence-electron chi connectivity index (χ3n) is 4.66. The van der Waals surface area contributed by atoms with Gasteiger partial charge >= 0.3 is 0 Å². The van der Waals surface area contributed by atoms with E-state index < -0.39 is 0 Å². The van der Waals surface area contributed by atoms with Crippen LogP contribution in [-0.2, 0) is 11.2 Å². The maximum Gasteiger partial charge on any atom is 0.229 e. The molecule has 1 aliphatic heterocycles. The highest BCUT2D eigenvalue weighted by Gasteiger charge is 2.28. The van der Waals surface area contributed by atoms with Gasteiger partial charge in [-0.15, -0.1) is 11.3 Å². The molecule has 6 heteroatoms. The summed E-state index contributed by atoms with van der Waals surface area (Å²) in [6, 6.07) is 9.89. The van der Waals surface area contributed by atoms with Gasteiger partial charge in [0, 0.05) is 30.5 Å². The van der Waals surface area contributed by atoms with Crippen LogP contribution in [0.4, 0.5) is 0 Å². The average molecular weight is 364 g/mol. The van der Waals surface area contributed by atoms with Gasteiger partial charge in [-0.3, -0.25) is 14.8 Å². The fourth-order valence-electron chi connectivity index (χ4n) is 3.40. The largest absolute Gasteiger partial charge is 0.335 e. The predicted octanol–water partition coefficient (Wildman–Crippen LogP) is 3.90. The number of pyridine rings is 2. The fourth-order valence-corrected chi connectivity index (χ4v) is 4.20. The molecule has 5 nitrogen and oxygen atoms in total. The van der Waals surface area contributed by atoms with E-state index in [9.17, 15) is 4.79 Å². The molecule has 0 bridgehead atoms. The van der Waals surface area contributed by atoms with Crippen LogP contribution in [0.1, 0.15) is 36.6 Å². The summed E-state index contributed by atoms with van der Waals surface area (Å²) in [4.78, 5) is 28.1. The summed E-state index contributed by atoms with van der Waals surface area (Å²) in [5.41, 5.74) is 2.78. The van der Waals surface area contributed by atoms with Crippen molar-refractivity contribution < 1.29 is 4.79 Å². The molecular formula is C20H20N4OS. The van der Waals surface area contributed by atoms with E-state index in [1.165, 1.54) is 11.3 Å². The van der Waals surface area contributed by atoms with Crippen LogP contribution in [0, 0.1) is 0 Å². The molecule has 1 fully saturated rings. The summed E-state index contributed by atoms with van der Waals surface area (Å²) in [5.74, 6) is 0.136. The Hall–Kier alpha value is -2.60. The molecule has 1 aliphatic rings. The van der Waals surface area contributed by atoms with Gasteiger partial charge in [0.1, 0.15) is 5.01 Å². The number of aromatic nitrogens is 3. The maximum absolute atomic E-state index is 13.0. The summed E-state index contributed by atoms with van der Waals surface area (Å²) >= 11 is 1.53. The molecule has 26 heavy (non-hydrogen) atoms. The van der Waals surface area contributed by atoms with Crippen molar-refractivity contribution in [2.75, 3.05) is 6.54 Å². The van der Waals surface area contributed by atoms with E-state index >= 15 is 0 Å². The lowest BCUT2D eigenvalue weighted by atomic mass is 9.96. The van der Waals surface area contributed by atoms with Gasteiger partial charge in [0.05, 0.1) is 23.9 Å². The van der Waals surface area contributed by atoms with Crippen LogP contribution < -0.4 is 0 Å². The molecule has 1 atom stereocenters. The van der Waals surface area contributed by atoms with E-state index in [0.29, 0.717) is 6.42 Å². The van der Waals surface area contributed by atoms with Gasteiger partial charge in [-0.2, -0.15) is 0 Å². The molecule has 0 saturated carbocycles. The van der Waals surface area contributed by atoms with Crippen molar-refractivity contribution in [3.05, 3.63) is 65.6 Å². The summed E-state index contributed by atoms with van der Waals surface area (Å²) in [7, 11) is 0. The monoisotopic (exact) mass is 364 g/mol. The van der Waals surface area contributed by atoms with Gasteiger partial charge < -0.3 is 4.90 Å². The van der Waals surface area contributed by atoms with E-state index in [1.807, 2.05) is 40.7 Å². The Bertz CT molecular complexity index is 866. The molecule has 4 rings (SSSR count). The number of thiazole rings is 1. The molecule has 0 radical (unpaired) electrons. The van der Waals surface area contributed by atoms with E-state index in [1.54, 1.807) is 12.4 Å². The number of likely N-dealkylation sites (tertiary alicyclic amines) is 1. The maximum atomic E-state index is 13.0. The highest BCUT2D eigenvalue weighted by Crippen LogP contribution is 2.31. The van der Waals surface area contributed by atoms with E-state index in [0.717, 1.165) is 47.8 Å². The van der Waals surface area contributed by atoms with Crippen molar-refractivity contribution in [1.82, 2.24) is 19.9 Å². The van der Waals surface area contributed by atoms with Crippen molar-refractivity contribution >= 4 is 17.2 Å². The lowest BCUT2D eigenvalue weighted by molar-refractivity contribution is -0.134. The number of rotatable bonds is 4. The molecule has 4 heterocycles. The zero-order chi connectivity index (χ0) is 17.8. The first-order valence-corrected chi connectivity index (χ1v) is 9.74. The number of piperidine rings is 1. The number of carbonyl (C=O) groups is 1. The van der Waals surface area contributed by atoms with Crippen molar-refractivity contribution in [3.8, 4) is 10.7 Å². The quantitative estimate of drug-likeness (QED) is 0.704. The van der Waals surface area contributed by atoms with Gasteiger partial charge in [-0.25, -0.2) is 4.98 Å². The van der Waals surface area contributed by atoms with Crippen LogP contribution in [0.5, 0.6) is 0 Å². The number of amides is 1. The minimum Gasteiger partial charge on any atom is -0.335 e. The van der Waals surface area contributed by atoms with Crippen LogP contribution in [0.15, 0.2) is 54.3 Å². The number of hydrogen-bond donors (Lipinski definition) is 0. The molecule has 1 unspecified atom stereocenters. The molecule has 0 spiro atoms. The normalized spacial score (nSPS) is 17.2. The Balaban J connectivity index is 1.49. The van der Waals surface area contributed by atoms with E-state index in [-0.39, 0.29) is 11.9 Å². The van der Waals surface area contributed by atoms with Gasteiger partial charge in [0.2, 0.25) is 5.91 Å². The van der Waals surface area contributed by atoms with E-state index in [2.05, 4.69) is 21.0 Å².